The summed E-state index contributed by atoms with van der Waals surface area (Å²) < 4.78 is 22.1. The number of carboxylic acid groups (broad SMARTS) is 2. The van der Waals surface area contributed by atoms with Crippen LogP contribution in [0.25, 0.3) is 0 Å². The van der Waals surface area contributed by atoms with Gasteiger partial charge >= 0.3 is 17.9 Å². The molecule has 2 aliphatic rings. The lowest BCUT2D eigenvalue weighted by atomic mass is 9.74. The zero-order valence-corrected chi connectivity index (χ0v) is 21.6. The molecule has 0 radical (unpaired) electrons. The molecule has 1 aromatic heterocycles. The average molecular weight is 530 g/mol. The van der Waals surface area contributed by atoms with E-state index in [0.29, 0.717) is 48.1 Å². The van der Waals surface area contributed by atoms with Gasteiger partial charge in [0, 0.05) is 29.8 Å². The third-order valence-corrected chi connectivity index (χ3v) is 6.10. The first-order valence-electron chi connectivity index (χ1n) is 11.9. The number of aromatic nitrogens is 2. The monoisotopic (exact) mass is 529 g/mol. The number of aliphatic carboxylic acids is 2. The summed E-state index contributed by atoms with van der Waals surface area (Å²) in [6.07, 6.45) is 4.68. The van der Waals surface area contributed by atoms with Crippen molar-refractivity contribution in [2.45, 2.75) is 44.2 Å². The molecule has 12 heteroatoms. The number of methoxy groups -OCH3 is 3. The Kier molecular flexibility index (Phi) is 9.61. The fourth-order valence-corrected chi connectivity index (χ4v) is 4.50. The van der Waals surface area contributed by atoms with Gasteiger partial charge < -0.3 is 34.3 Å². The topological polar surface area (TPSA) is 170 Å². The lowest BCUT2D eigenvalue weighted by Crippen LogP contribution is -2.34. The lowest BCUT2D eigenvalue weighted by Gasteiger charge is -2.37. The Morgan fingerprint density at radius 2 is 1.71 bits per heavy atom. The Morgan fingerprint density at radius 1 is 1.00 bits per heavy atom. The molecule has 2 aromatic rings. The van der Waals surface area contributed by atoms with Crippen LogP contribution < -0.4 is 18.9 Å². The van der Waals surface area contributed by atoms with Gasteiger partial charge in [-0.1, -0.05) is 0 Å². The molecule has 38 heavy (non-hydrogen) atoms. The van der Waals surface area contributed by atoms with Crippen molar-refractivity contribution < 1.29 is 43.9 Å². The van der Waals surface area contributed by atoms with Crippen LogP contribution in [0.1, 0.15) is 48.8 Å². The molecule has 1 fully saturated rings. The van der Waals surface area contributed by atoms with E-state index < -0.39 is 11.9 Å². The van der Waals surface area contributed by atoms with Crippen LogP contribution in [0.15, 0.2) is 35.5 Å². The maximum Gasteiger partial charge on any atom is 0.328 e. The van der Waals surface area contributed by atoms with Crippen LogP contribution in [0.4, 0.5) is 0 Å². The number of aliphatic hydroxyl groups is 1. The van der Waals surface area contributed by atoms with Gasteiger partial charge in [0.1, 0.15) is 0 Å². The van der Waals surface area contributed by atoms with E-state index in [-0.39, 0.29) is 24.1 Å². The normalized spacial score (nSPS) is 19.7. The first-order valence-corrected chi connectivity index (χ1v) is 11.9. The summed E-state index contributed by atoms with van der Waals surface area (Å²) in [4.78, 5) is 32.8. The van der Waals surface area contributed by atoms with Crippen molar-refractivity contribution >= 4 is 17.7 Å². The smallest absolute Gasteiger partial charge is 0.328 e. The van der Waals surface area contributed by atoms with Gasteiger partial charge in [-0.2, -0.15) is 4.98 Å². The Morgan fingerprint density at radius 3 is 2.29 bits per heavy atom. The Balaban J connectivity index is 0.000000436. The van der Waals surface area contributed by atoms with Crippen LogP contribution in [-0.2, 0) is 9.59 Å². The van der Waals surface area contributed by atoms with Crippen LogP contribution in [0, 0.1) is 0 Å². The van der Waals surface area contributed by atoms with Crippen molar-refractivity contribution in [1.82, 2.24) is 9.97 Å². The number of carbonyl (C=O) groups is 2. The molecule has 0 unspecified atom stereocenters. The zero-order chi connectivity index (χ0) is 27.8. The van der Waals surface area contributed by atoms with E-state index in [1.165, 1.54) is 7.11 Å². The summed E-state index contributed by atoms with van der Waals surface area (Å²) in [5.74, 6) is -0.681. The van der Waals surface area contributed by atoms with Gasteiger partial charge in [-0.25, -0.2) is 14.6 Å². The van der Waals surface area contributed by atoms with Gasteiger partial charge in [-0.3, -0.25) is 4.99 Å². The molecule has 4 rings (SSSR count). The standard InChI is InChI=1S/C22H27N3O5.C4H4O4/c1-5-30-19-9-13-14-8-12(26)6-7-17(14)24-20(15(13)10-18(19)27-2)16-11-23-22(29-4)25-21(16)28-3;5-3(6)1-2-4(7)8/h9-12,14,17,26H,5-8H2,1-4H3;1-2H,(H,5,6)(H,7,8)/b;2-1+/t12-,14-,17-;/m1./s1. The molecule has 3 atom stereocenters. The quantitative estimate of drug-likeness (QED) is 0.429. The minimum Gasteiger partial charge on any atom is -0.493 e. The summed E-state index contributed by atoms with van der Waals surface area (Å²) in [5.41, 5.74) is 3.45. The highest BCUT2D eigenvalue weighted by Crippen LogP contribution is 2.45. The molecule has 0 saturated heterocycles. The van der Waals surface area contributed by atoms with Crippen molar-refractivity contribution in [3.8, 4) is 23.4 Å². The minimum absolute atomic E-state index is 0.0607. The fraction of sp³-hybridized carbons (Fsp3) is 0.423. The fourth-order valence-electron chi connectivity index (χ4n) is 4.50. The molecule has 1 aliphatic heterocycles. The van der Waals surface area contributed by atoms with Crippen LogP contribution >= 0.6 is 0 Å². The number of carboxylic acids is 2. The highest BCUT2D eigenvalue weighted by molar-refractivity contribution is 6.16. The Bertz CT molecular complexity index is 1210. The van der Waals surface area contributed by atoms with Crippen molar-refractivity contribution in [3.05, 3.63) is 47.2 Å². The lowest BCUT2D eigenvalue weighted by molar-refractivity contribution is -0.134. The second-order valence-corrected chi connectivity index (χ2v) is 8.43. The first-order chi connectivity index (χ1) is 18.2. The summed E-state index contributed by atoms with van der Waals surface area (Å²) in [5, 5.41) is 25.9. The van der Waals surface area contributed by atoms with Crippen LogP contribution in [-0.4, -0.2) is 83.0 Å². The summed E-state index contributed by atoms with van der Waals surface area (Å²) >= 11 is 0. The molecule has 0 bridgehead atoms. The summed E-state index contributed by atoms with van der Waals surface area (Å²) in [6.45, 7) is 2.48. The third-order valence-electron chi connectivity index (χ3n) is 6.10. The van der Waals surface area contributed by atoms with Gasteiger partial charge in [-0.05, 0) is 43.9 Å². The number of aliphatic imine (C=N–C) groups is 1. The molecule has 2 heterocycles. The summed E-state index contributed by atoms with van der Waals surface area (Å²) in [6, 6.07) is 4.26. The first kappa shape index (κ1) is 28.4. The molecular formula is C26H31N3O9. The second kappa shape index (κ2) is 12.9. The number of fused-ring (bicyclic) bond motifs is 3. The Hall–Kier alpha value is -4.19. The molecule has 0 spiro atoms. The number of hydrogen-bond acceptors (Lipinski definition) is 10. The van der Waals surface area contributed by atoms with Gasteiger partial charge in [0.25, 0.3) is 0 Å². The Labute approximate surface area is 219 Å². The van der Waals surface area contributed by atoms with E-state index in [1.54, 1.807) is 20.4 Å². The van der Waals surface area contributed by atoms with Gasteiger partial charge in [0.05, 0.1) is 51.4 Å². The highest BCUT2D eigenvalue weighted by Gasteiger charge is 2.38. The number of benzene rings is 1. The van der Waals surface area contributed by atoms with E-state index >= 15 is 0 Å². The van der Waals surface area contributed by atoms with E-state index in [4.69, 9.17) is 34.2 Å². The van der Waals surface area contributed by atoms with Crippen LogP contribution in [0.3, 0.4) is 0 Å². The van der Waals surface area contributed by atoms with Gasteiger partial charge in [0.2, 0.25) is 5.88 Å². The van der Waals surface area contributed by atoms with E-state index in [9.17, 15) is 14.7 Å². The molecule has 12 nitrogen and oxygen atoms in total. The number of nitrogens with zero attached hydrogens (tertiary/aromatic N) is 3. The van der Waals surface area contributed by atoms with Crippen molar-refractivity contribution in [1.29, 1.82) is 0 Å². The second-order valence-electron chi connectivity index (χ2n) is 8.43. The van der Waals surface area contributed by atoms with E-state index in [2.05, 4.69) is 9.97 Å². The largest absolute Gasteiger partial charge is 0.493 e. The maximum atomic E-state index is 10.3. The van der Waals surface area contributed by atoms with E-state index in [0.717, 1.165) is 29.7 Å². The maximum absolute atomic E-state index is 10.3. The molecule has 204 valence electrons. The molecule has 0 amide bonds. The van der Waals surface area contributed by atoms with E-state index in [1.807, 2.05) is 19.1 Å². The summed E-state index contributed by atoms with van der Waals surface area (Å²) in [7, 11) is 4.70. The van der Waals surface area contributed by atoms with Crippen LogP contribution in [0.2, 0.25) is 0 Å². The average Bonchev–Trinajstić information content (AvgIpc) is 2.91. The van der Waals surface area contributed by atoms with Crippen LogP contribution in [0.5, 0.6) is 23.4 Å². The number of aliphatic hydroxyl groups excluding tert-OH is 1. The molecule has 3 N–H and O–H groups in total. The number of rotatable bonds is 8. The highest BCUT2D eigenvalue weighted by atomic mass is 16.5. The predicted molar refractivity (Wildman–Crippen MR) is 136 cm³/mol. The molecule has 1 aromatic carbocycles. The SMILES string of the molecule is CCOc1cc2c(cc1OC)C(c1cnc(OC)nc1OC)=N[C@@H]1CC[C@@H](O)C[C@H]21.O=C(O)/C=C/C(=O)O. The number of ether oxygens (including phenoxy) is 4. The third kappa shape index (κ3) is 6.57. The predicted octanol–water partition coefficient (Wildman–Crippen LogP) is 2.46. The molecule has 1 aliphatic carbocycles. The van der Waals surface area contributed by atoms with Crippen molar-refractivity contribution in [2.75, 3.05) is 27.9 Å². The zero-order valence-electron chi connectivity index (χ0n) is 21.6. The van der Waals surface area contributed by atoms with Crippen molar-refractivity contribution in [2.24, 2.45) is 4.99 Å². The van der Waals surface area contributed by atoms with Gasteiger partial charge in [0.15, 0.2) is 11.5 Å². The van der Waals surface area contributed by atoms with Crippen molar-refractivity contribution in [3.63, 3.8) is 0 Å². The molecule has 1 saturated carbocycles. The molecular weight excluding hydrogens is 498 g/mol. The van der Waals surface area contributed by atoms with Gasteiger partial charge in [-0.15, -0.1) is 0 Å². The minimum atomic E-state index is -1.26. The number of hydrogen-bond donors (Lipinski definition) is 3.